The van der Waals surface area contributed by atoms with Crippen molar-refractivity contribution in [2.45, 2.75) is 18.9 Å². The normalized spacial score (nSPS) is 23.2. The molecule has 2 unspecified atom stereocenters. The highest BCUT2D eigenvalue weighted by Crippen LogP contribution is 2.19. The van der Waals surface area contributed by atoms with Crippen molar-refractivity contribution >= 4 is 5.84 Å². The van der Waals surface area contributed by atoms with Crippen molar-refractivity contribution in [3.05, 3.63) is 35.9 Å². The van der Waals surface area contributed by atoms with Crippen molar-refractivity contribution in [2.24, 2.45) is 10.9 Å². The largest absolute Gasteiger partial charge is 0.409 e. The lowest BCUT2D eigenvalue weighted by atomic mass is 9.96. The summed E-state index contributed by atoms with van der Waals surface area (Å²) in [5, 5.41) is 12.2. The third-order valence-electron chi connectivity index (χ3n) is 3.60. The Morgan fingerprint density at radius 1 is 1.53 bits per heavy atom. The van der Waals surface area contributed by atoms with Gasteiger partial charge >= 0.3 is 0 Å². The number of benzene rings is 1. The molecule has 0 spiro atoms. The molecule has 0 amide bonds. The van der Waals surface area contributed by atoms with E-state index in [1.165, 1.54) is 0 Å². The predicted octanol–water partition coefficient (Wildman–Crippen LogP) is 1.24. The first kappa shape index (κ1) is 13.8. The zero-order valence-electron chi connectivity index (χ0n) is 11.2. The third-order valence-corrected chi connectivity index (χ3v) is 3.60. The van der Waals surface area contributed by atoms with Gasteiger partial charge in [-0.2, -0.15) is 0 Å². The lowest BCUT2D eigenvalue weighted by molar-refractivity contribution is -0.000805. The van der Waals surface area contributed by atoms with Crippen LogP contribution in [0.4, 0.5) is 0 Å². The summed E-state index contributed by atoms with van der Waals surface area (Å²) < 4.78 is 5.43. The van der Waals surface area contributed by atoms with Crippen LogP contribution in [-0.4, -0.2) is 48.3 Å². The van der Waals surface area contributed by atoms with Crippen LogP contribution in [0.3, 0.4) is 0 Å². The molecule has 1 saturated heterocycles. The van der Waals surface area contributed by atoms with Crippen molar-refractivity contribution in [1.82, 2.24) is 4.90 Å². The molecule has 1 aromatic rings. The van der Waals surface area contributed by atoms with E-state index in [1.54, 1.807) is 0 Å². The number of nitrogens with zero attached hydrogens (tertiary/aromatic N) is 2. The van der Waals surface area contributed by atoms with E-state index in [0.29, 0.717) is 6.04 Å². The van der Waals surface area contributed by atoms with Gasteiger partial charge in [-0.05, 0) is 12.5 Å². The summed E-state index contributed by atoms with van der Waals surface area (Å²) in [7, 11) is 0. The minimum absolute atomic E-state index is 0.0910. The fourth-order valence-corrected chi connectivity index (χ4v) is 2.39. The first-order chi connectivity index (χ1) is 9.22. The van der Waals surface area contributed by atoms with Gasteiger partial charge in [-0.25, -0.2) is 0 Å². The molecule has 1 heterocycles. The smallest absolute Gasteiger partial charge is 0.147 e. The number of morpholine rings is 1. The minimum atomic E-state index is -0.0910. The van der Waals surface area contributed by atoms with Crippen LogP contribution >= 0.6 is 0 Å². The topological polar surface area (TPSA) is 71.1 Å². The Balaban J connectivity index is 2.15. The molecule has 3 N–H and O–H groups in total. The van der Waals surface area contributed by atoms with Crippen molar-refractivity contribution in [3.8, 4) is 0 Å². The van der Waals surface area contributed by atoms with E-state index in [0.717, 1.165) is 31.9 Å². The molecule has 1 aromatic carbocycles. The lowest BCUT2D eigenvalue weighted by Gasteiger charge is -2.35. The van der Waals surface area contributed by atoms with Gasteiger partial charge in [-0.1, -0.05) is 35.5 Å². The molecule has 0 saturated carbocycles. The Morgan fingerprint density at radius 3 is 2.89 bits per heavy atom. The van der Waals surface area contributed by atoms with Crippen molar-refractivity contribution in [1.29, 1.82) is 0 Å². The average Bonchev–Trinajstić information content (AvgIpc) is 2.46. The Kier molecular flexibility index (Phi) is 4.76. The van der Waals surface area contributed by atoms with Gasteiger partial charge in [0.05, 0.1) is 19.1 Å². The van der Waals surface area contributed by atoms with Crippen molar-refractivity contribution < 1.29 is 9.94 Å². The number of hydrogen-bond donors (Lipinski definition) is 2. The molecule has 104 valence electrons. The van der Waals surface area contributed by atoms with Gasteiger partial charge in [-0.15, -0.1) is 0 Å². The highest BCUT2D eigenvalue weighted by atomic mass is 16.5. The molecular formula is C14H21N3O2. The van der Waals surface area contributed by atoms with Crippen LogP contribution in [0.15, 0.2) is 35.5 Å². The summed E-state index contributed by atoms with van der Waals surface area (Å²) in [6.45, 7) is 5.22. The second-order valence-electron chi connectivity index (χ2n) is 4.91. The zero-order chi connectivity index (χ0) is 13.7. The minimum Gasteiger partial charge on any atom is -0.409 e. The van der Waals surface area contributed by atoms with E-state index in [4.69, 9.17) is 15.7 Å². The molecule has 1 aliphatic heterocycles. The summed E-state index contributed by atoms with van der Waals surface area (Å²) in [4.78, 5) is 2.32. The Bertz CT molecular complexity index is 422. The molecule has 1 aliphatic rings. The molecule has 1 fully saturated rings. The van der Waals surface area contributed by atoms with Gasteiger partial charge in [0.15, 0.2) is 0 Å². The first-order valence-corrected chi connectivity index (χ1v) is 6.56. The van der Waals surface area contributed by atoms with Crippen molar-refractivity contribution in [2.75, 3.05) is 26.3 Å². The molecule has 2 atom stereocenters. The summed E-state index contributed by atoms with van der Waals surface area (Å²) in [5.74, 6) is 0.164. The second kappa shape index (κ2) is 6.54. The average molecular weight is 263 g/mol. The lowest BCUT2D eigenvalue weighted by Crippen LogP contribution is -2.47. The third kappa shape index (κ3) is 3.45. The highest BCUT2D eigenvalue weighted by Gasteiger charge is 2.25. The molecule has 0 bridgehead atoms. The van der Waals surface area contributed by atoms with Gasteiger partial charge < -0.3 is 15.7 Å². The van der Waals surface area contributed by atoms with Crippen LogP contribution < -0.4 is 5.73 Å². The quantitative estimate of drug-likeness (QED) is 0.371. The fourth-order valence-electron chi connectivity index (χ4n) is 2.39. The maximum atomic E-state index is 8.98. The molecule has 0 radical (unpaired) electrons. The number of amidine groups is 1. The summed E-state index contributed by atoms with van der Waals surface area (Å²) in [6.07, 6.45) is 0. The Morgan fingerprint density at radius 2 is 2.26 bits per heavy atom. The summed E-state index contributed by atoms with van der Waals surface area (Å²) in [6, 6.07) is 10.3. The molecule has 0 aromatic heterocycles. The van der Waals surface area contributed by atoms with E-state index in [-0.39, 0.29) is 11.8 Å². The summed E-state index contributed by atoms with van der Waals surface area (Å²) >= 11 is 0. The van der Waals surface area contributed by atoms with Gasteiger partial charge in [0.25, 0.3) is 0 Å². The van der Waals surface area contributed by atoms with Gasteiger partial charge in [0, 0.05) is 19.1 Å². The van der Waals surface area contributed by atoms with Crippen LogP contribution in [-0.2, 0) is 4.74 Å². The highest BCUT2D eigenvalue weighted by molar-refractivity contribution is 5.87. The van der Waals surface area contributed by atoms with Gasteiger partial charge in [0.1, 0.15) is 5.84 Å². The Hall–Kier alpha value is -1.59. The van der Waals surface area contributed by atoms with Gasteiger partial charge in [-0.3, -0.25) is 4.90 Å². The Labute approximate surface area is 113 Å². The van der Waals surface area contributed by atoms with Crippen molar-refractivity contribution in [3.63, 3.8) is 0 Å². The first-order valence-electron chi connectivity index (χ1n) is 6.56. The predicted molar refractivity (Wildman–Crippen MR) is 74.4 cm³/mol. The van der Waals surface area contributed by atoms with E-state index < -0.39 is 0 Å². The number of nitrogens with two attached hydrogens (primary N) is 1. The standard InChI is InChI=1S/C14H21N3O2/c1-11-10-19-8-7-17(11)9-13(14(15)16-18)12-5-3-2-4-6-12/h2-6,11,13,18H,7-10H2,1H3,(H2,15,16). The van der Waals surface area contributed by atoms with Crippen LogP contribution in [0.5, 0.6) is 0 Å². The summed E-state index contributed by atoms with van der Waals surface area (Å²) in [5.41, 5.74) is 6.92. The molecule has 19 heavy (non-hydrogen) atoms. The van der Waals surface area contributed by atoms with Gasteiger partial charge in [0.2, 0.25) is 0 Å². The fraction of sp³-hybridized carbons (Fsp3) is 0.500. The van der Waals surface area contributed by atoms with Crippen LogP contribution in [0, 0.1) is 0 Å². The van der Waals surface area contributed by atoms with Crippen LogP contribution in [0.1, 0.15) is 18.4 Å². The van der Waals surface area contributed by atoms with Crippen LogP contribution in [0.2, 0.25) is 0 Å². The number of ether oxygens (including phenoxy) is 1. The number of oxime groups is 1. The molecule has 0 aliphatic carbocycles. The maximum absolute atomic E-state index is 8.98. The SMILES string of the molecule is CC1COCCN1CC(C(N)=NO)c1ccccc1. The molecular weight excluding hydrogens is 242 g/mol. The van der Waals surface area contributed by atoms with E-state index >= 15 is 0 Å². The van der Waals surface area contributed by atoms with Crippen LogP contribution in [0.25, 0.3) is 0 Å². The van der Waals surface area contributed by atoms with E-state index in [9.17, 15) is 0 Å². The monoisotopic (exact) mass is 263 g/mol. The van der Waals surface area contributed by atoms with E-state index in [2.05, 4.69) is 17.0 Å². The number of rotatable bonds is 4. The maximum Gasteiger partial charge on any atom is 0.147 e. The molecule has 2 rings (SSSR count). The zero-order valence-corrected chi connectivity index (χ0v) is 11.2. The molecule has 5 nitrogen and oxygen atoms in total. The molecule has 5 heteroatoms. The second-order valence-corrected chi connectivity index (χ2v) is 4.91. The van der Waals surface area contributed by atoms with E-state index in [1.807, 2.05) is 30.3 Å². The number of hydrogen-bond acceptors (Lipinski definition) is 4.